The summed E-state index contributed by atoms with van der Waals surface area (Å²) in [7, 11) is 0. The minimum absolute atomic E-state index is 0.215. The Kier molecular flexibility index (Phi) is 4.40. The number of hydrogen-bond donors (Lipinski definition) is 0. The van der Waals surface area contributed by atoms with Crippen molar-refractivity contribution in [2.45, 2.75) is 32.2 Å². The number of nitrogens with zero attached hydrogens (tertiary/aromatic N) is 3. The first-order chi connectivity index (χ1) is 13.7. The largest absolute Gasteiger partial charge is 0.341 e. The van der Waals surface area contributed by atoms with Gasteiger partial charge < -0.3 is 9.47 Å². The van der Waals surface area contributed by atoms with Gasteiger partial charge in [0.25, 0.3) is 0 Å². The summed E-state index contributed by atoms with van der Waals surface area (Å²) >= 11 is 1.80. The second kappa shape index (κ2) is 7.06. The zero-order chi connectivity index (χ0) is 19.1. The third-order valence-corrected chi connectivity index (χ3v) is 7.02. The van der Waals surface area contributed by atoms with E-state index in [9.17, 15) is 4.79 Å². The number of amides is 1. The number of fused-ring (bicyclic) bond motifs is 2. The molecule has 142 valence electrons. The zero-order valence-electron chi connectivity index (χ0n) is 16.0. The molecular formula is C23H23N3OS. The van der Waals surface area contributed by atoms with Gasteiger partial charge in [-0.2, -0.15) is 0 Å². The molecule has 0 N–H and O–H groups in total. The van der Waals surface area contributed by atoms with Gasteiger partial charge in [0.2, 0.25) is 5.91 Å². The van der Waals surface area contributed by atoms with Gasteiger partial charge in [-0.3, -0.25) is 4.79 Å². The van der Waals surface area contributed by atoms with Crippen molar-refractivity contribution in [3.05, 3.63) is 65.3 Å². The molecule has 4 nitrogen and oxygen atoms in total. The van der Waals surface area contributed by atoms with Gasteiger partial charge in [-0.1, -0.05) is 30.3 Å². The molecule has 2 aromatic heterocycles. The maximum Gasteiger partial charge on any atom is 0.242 e. The summed E-state index contributed by atoms with van der Waals surface area (Å²) in [5.74, 6) is 0.683. The summed E-state index contributed by atoms with van der Waals surface area (Å²) in [4.78, 5) is 19.8. The van der Waals surface area contributed by atoms with E-state index in [2.05, 4.69) is 47.9 Å². The number of rotatable bonds is 3. The number of likely N-dealkylation sites (tertiary alicyclic amines) is 1. The molecule has 1 amide bonds. The van der Waals surface area contributed by atoms with Crippen LogP contribution in [0.25, 0.3) is 21.1 Å². The van der Waals surface area contributed by atoms with E-state index in [0.717, 1.165) is 42.7 Å². The van der Waals surface area contributed by atoms with Crippen LogP contribution in [0.3, 0.4) is 0 Å². The second-order valence-electron chi connectivity index (χ2n) is 7.61. The van der Waals surface area contributed by atoms with Gasteiger partial charge >= 0.3 is 0 Å². The van der Waals surface area contributed by atoms with Crippen molar-refractivity contribution < 1.29 is 4.79 Å². The zero-order valence-corrected chi connectivity index (χ0v) is 16.8. The number of thiazole rings is 1. The number of hydrogen-bond acceptors (Lipinski definition) is 3. The highest BCUT2D eigenvalue weighted by molar-refractivity contribution is 7.18. The second-order valence-corrected chi connectivity index (χ2v) is 8.67. The highest BCUT2D eigenvalue weighted by Gasteiger charge is 2.26. The van der Waals surface area contributed by atoms with Crippen LogP contribution in [0, 0.1) is 6.92 Å². The molecule has 0 bridgehead atoms. The molecule has 0 saturated carbocycles. The maximum absolute atomic E-state index is 12.9. The molecule has 5 rings (SSSR count). The first-order valence-corrected chi connectivity index (χ1v) is 10.7. The van der Waals surface area contributed by atoms with E-state index < -0.39 is 0 Å². The SMILES string of the molecule is Cc1cc2ccccc2n1CC(=O)N1CCC(c2nc3ccccc3s2)CC1. The van der Waals surface area contributed by atoms with Crippen LogP contribution in [-0.2, 0) is 11.3 Å². The van der Waals surface area contributed by atoms with E-state index in [1.54, 1.807) is 11.3 Å². The summed E-state index contributed by atoms with van der Waals surface area (Å²) < 4.78 is 3.39. The fourth-order valence-corrected chi connectivity index (χ4v) is 5.37. The van der Waals surface area contributed by atoms with Crippen molar-refractivity contribution in [1.82, 2.24) is 14.5 Å². The van der Waals surface area contributed by atoms with Crippen molar-refractivity contribution in [3.63, 3.8) is 0 Å². The average Bonchev–Trinajstić information content (AvgIpc) is 3.29. The van der Waals surface area contributed by atoms with Gasteiger partial charge in [-0.05, 0) is 49.4 Å². The smallest absolute Gasteiger partial charge is 0.242 e. The summed E-state index contributed by atoms with van der Waals surface area (Å²) in [5.41, 5.74) is 3.37. The average molecular weight is 390 g/mol. The molecule has 4 aromatic rings. The van der Waals surface area contributed by atoms with Crippen molar-refractivity contribution in [3.8, 4) is 0 Å². The third kappa shape index (κ3) is 3.10. The van der Waals surface area contributed by atoms with Crippen LogP contribution in [0.5, 0.6) is 0 Å². The summed E-state index contributed by atoms with van der Waals surface area (Å²) in [6.07, 6.45) is 1.99. The van der Waals surface area contributed by atoms with Gasteiger partial charge in [-0.15, -0.1) is 11.3 Å². The van der Waals surface area contributed by atoms with Crippen molar-refractivity contribution >= 4 is 38.4 Å². The molecule has 1 saturated heterocycles. The van der Waals surface area contributed by atoms with E-state index in [4.69, 9.17) is 4.98 Å². The number of piperidine rings is 1. The number of carbonyl (C=O) groups is 1. The molecule has 3 heterocycles. The Morgan fingerprint density at radius 1 is 1.11 bits per heavy atom. The lowest BCUT2D eigenvalue weighted by atomic mass is 9.97. The number of aryl methyl sites for hydroxylation is 1. The van der Waals surface area contributed by atoms with E-state index in [1.807, 2.05) is 23.1 Å². The molecule has 5 heteroatoms. The van der Waals surface area contributed by atoms with Crippen LogP contribution < -0.4 is 0 Å². The molecule has 28 heavy (non-hydrogen) atoms. The fourth-order valence-electron chi connectivity index (χ4n) is 4.23. The minimum atomic E-state index is 0.215. The van der Waals surface area contributed by atoms with E-state index in [-0.39, 0.29) is 5.91 Å². The molecular weight excluding hydrogens is 366 g/mol. The molecule has 0 spiro atoms. The van der Waals surface area contributed by atoms with Gasteiger partial charge in [0.1, 0.15) is 6.54 Å². The molecule has 1 aliphatic rings. The van der Waals surface area contributed by atoms with Gasteiger partial charge in [0.05, 0.1) is 15.2 Å². The van der Waals surface area contributed by atoms with Crippen molar-refractivity contribution in [2.24, 2.45) is 0 Å². The normalized spacial score (nSPS) is 15.5. The molecule has 0 radical (unpaired) electrons. The third-order valence-electron chi connectivity index (χ3n) is 5.82. The Balaban J connectivity index is 1.27. The van der Waals surface area contributed by atoms with Gasteiger partial charge in [0, 0.05) is 30.2 Å². The monoisotopic (exact) mass is 389 g/mol. The lowest BCUT2D eigenvalue weighted by Gasteiger charge is -2.31. The van der Waals surface area contributed by atoms with E-state index in [0.29, 0.717) is 12.5 Å². The standard InChI is InChI=1S/C23H23N3OS/c1-16-14-18-6-2-4-8-20(18)26(16)15-22(27)25-12-10-17(11-13-25)23-24-19-7-3-5-9-21(19)28-23/h2-9,14,17H,10-13,15H2,1H3. The van der Waals surface area contributed by atoms with Crippen LogP contribution >= 0.6 is 11.3 Å². The van der Waals surface area contributed by atoms with Crippen LogP contribution in [0.15, 0.2) is 54.6 Å². The highest BCUT2D eigenvalue weighted by Crippen LogP contribution is 2.34. The minimum Gasteiger partial charge on any atom is -0.341 e. The van der Waals surface area contributed by atoms with Gasteiger partial charge in [0.15, 0.2) is 0 Å². The predicted octanol–water partition coefficient (Wildman–Crippen LogP) is 4.97. The number of benzene rings is 2. The fraction of sp³-hybridized carbons (Fsp3) is 0.304. The molecule has 0 unspecified atom stereocenters. The number of para-hydroxylation sites is 2. The number of carbonyl (C=O) groups excluding carboxylic acids is 1. The summed E-state index contributed by atoms with van der Waals surface area (Å²) in [6, 6.07) is 18.8. The molecule has 2 aromatic carbocycles. The van der Waals surface area contributed by atoms with Crippen molar-refractivity contribution in [1.29, 1.82) is 0 Å². The Bertz CT molecular complexity index is 1120. The summed E-state index contributed by atoms with van der Waals surface area (Å²) in [5, 5.41) is 2.42. The Labute approximate surface area is 168 Å². The predicted molar refractivity (Wildman–Crippen MR) is 115 cm³/mol. The van der Waals surface area contributed by atoms with Crippen LogP contribution in [-0.4, -0.2) is 33.4 Å². The van der Waals surface area contributed by atoms with E-state index in [1.165, 1.54) is 15.1 Å². The Morgan fingerprint density at radius 3 is 2.68 bits per heavy atom. The number of aromatic nitrogens is 2. The molecule has 1 aliphatic heterocycles. The topological polar surface area (TPSA) is 38.1 Å². The van der Waals surface area contributed by atoms with Crippen LogP contribution in [0.4, 0.5) is 0 Å². The Morgan fingerprint density at radius 2 is 1.86 bits per heavy atom. The molecule has 1 fully saturated rings. The summed E-state index contributed by atoms with van der Waals surface area (Å²) in [6.45, 7) is 4.13. The van der Waals surface area contributed by atoms with Gasteiger partial charge in [-0.25, -0.2) is 4.98 Å². The molecule has 0 aliphatic carbocycles. The lowest BCUT2D eigenvalue weighted by molar-refractivity contribution is -0.132. The molecule has 0 atom stereocenters. The van der Waals surface area contributed by atoms with Crippen LogP contribution in [0.1, 0.15) is 29.5 Å². The Hall–Kier alpha value is -2.66. The maximum atomic E-state index is 12.9. The van der Waals surface area contributed by atoms with E-state index >= 15 is 0 Å². The first kappa shape index (κ1) is 17.4. The lowest BCUT2D eigenvalue weighted by Crippen LogP contribution is -2.39. The first-order valence-electron chi connectivity index (χ1n) is 9.87. The quantitative estimate of drug-likeness (QED) is 0.496. The van der Waals surface area contributed by atoms with Crippen LogP contribution in [0.2, 0.25) is 0 Å². The highest BCUT2D eigenvalue weighted by atomic mass is 32.1. The van der Waals surface area contributed by atoms with Crippen molar-refractivity contribution in [2.75, 3.05) is 13.1 Å².